The van der Waals surface area contributed by atoms with Gasteiger partial charge < -0.3 is 15.0 Å². The molecular formula is C19H14F3N3O4. The molecule has 0 fully saturated rings. The second-order valence-corrected chi connectivity index (χ2v) is 5.92. The number of H-pyrrole nitrogens is 1. The number of carbonyl (C=O) groups is 1. The van der Waals surface area contributed by atoms with Gasteiger partial charge in [-0.15, -0.1) is 13.2 Å². The normalized spacial score (nSPS) is 11.1. The van der Waals surface area contributed by atoms with Gasteiger partial charge in [-0.25, -0.2) is 4.79 Å². The Labute approximate surface area is 161 Å². The number of halogens is 3. The first-order chi connectivity index (χ1) is 13.7. The molecule has 10 heteroatoms. The van der Waals surface area contributed by atoms with Crippen molar-refractivity contribution < 1.29 is 22.7 Å². The quantitative estimate of drug-likeness (QED) is 0.683. The number of carbonyl (C=O) groups excluding carboxylic acids is 1. The summed E-state index contributed by atoms with van der Waals surface area (Å²) in [4.78, 5) is 39.0. The summed E-state index contributed by atoms with van der Waals surface area (Å²) in [6.45, 7) is 0.0393. The molecule has 1 amide bonds. The van der Waals surface area contributed by atoms with Gasteiger partial charge in [-0.2, -0.15) is 0 Å². The van der Waals surface area contributed by atoms with E-state index in [9.17, 15) is 27.6 Å². The summed E-state index contributed by atoms with van der Waals surface area (Å²) in [6, 6.07) is 14.2. The van der Waals surface area contributed by atoms with E-state index in [1.54, 1.807) is 30.3 Å². The molecule has 0 aliphatic carbocycles. The number of aromatic nitrogens is 2. The van der Waals surface area contributed by atoms with Crippen molar-refractivity contribution in [1.29, 1.82) is 0 Å². The number of hydrogen-bond donors (Lipinski definition) is 2. The Morgan fingerprint density at radius 1 is 1.03 bits per heavy atom. The van der Waals surface area contributed by atoms with Crippen molar-refractivity contribution in [3.63, 3.8) is 0 Å². The molecule has 29 heavy (non-hydrogen) atoms. The van der Waals surface area contributed by atoms with Crippen LogP contribution >= 0.6 is 0 Å². The number of benzene rings is 2. The summed E-state index contributed by atoms with van der Waals surface area (Å²) in [5.41, 5.74) is -0.825. The molecule has 0 aliphatic heterocycles. The molecule has 3 aromatic rings. The number of aromatic amines is 1. The summed E-state index contributed by atoms with van der Waals surface area (Å²) in [6.07, 6.45) is -4.83. The SMILES string of the molecule is O=C(Nc1ccc(OC(F)(F)F)cc1)c1cc(=O)n(Cc2ccccc2)c(=O)[nH]1. The first kappa shape index (κ1) is 19.9. The van der Waals surface area contributed by atoms with Crippen LogP contribution in [0.4, 0.5) is 18.9 Å². The van der Waals surface area contributed by atoms with Gasteiger partial charge in [0, 0.05) is 11.8 Å². The minimum Gasteiger partial charge on any atom is -0.406 e. The van der Waals surface area contributed by atoms with Crippen LogP contribution in [0.3, 0.4) is 0 Å². The van der Waals surface area contributed by atoms with Gasteiger partial charge in [0.1, 0.15) is 11.4 Å². The Bertz CT molecular complexity index is 1090. The minimum atomic E-state index is -4.83. The maximum atomic E-state index is 12.3. The second-order valence-electron chi connectivity index (χ2n) is 5.92. The summed E-state index contributed by atoms with van der Waals surface area (Å²) >= 11 is 0. The van der Waals surface area contributed by atoms with E-state index in [-0.39, 0.29) is 17.9 Å². The number of hydrogen-bond acceptors (Lipinski definition) is 4. The molecule has 2 aromatic carbocycles. The zero-order valence-electron chi connectivity index (χ0n) is 14.7. The number of nitrogens with zero attached hydrogens (tertiary/aromatic N) is 1. The van der Waals surface area contributed by atoms with Gasteiger partial charge in [-0.1, -0.05) is 30.3 Å². The van der Waals surface area contributed by atoms with Crippen LogP contribution in [0.25, 0.3) is 0 Å². The number of amides is 1. The molecule has 0 radical (unpaired) electrons. The summed E-state index contributed by atoms with van der Waals surface area (Å²) in [5.74, 6) is -1.25. The second kappa shape index (κ2) is 8.05. The van der Waals surface area contributed by atoms with Crippen LogP contribution in [0.1, 0.15) is 16.1 Å². The number of nitrogens with one attached hydrogen (secondary N) is 2. The maximum Gasteiger partial charge on any atom is 0.573 e. The molecular weight excluding hydrogens is 391 g/mol. The van der Waals surface area contributed by atoms with Gasteiger partial charge in [-0.05, 0) is 29.8 Å². The van der Waals surface area contributed by atoms with Crippen molar-refractivity contribution in [2.75, 3.05) is 5.32 Å². The number of alkyl halides is 3. The van der Waals surface area contributed by atoms with Crippen LogP contribution < -0.4 is 21.3 Å². The van der Waals surface area contributed by atoms with Crippen molar-refractivity contribution in [2.45, 2.75) is 12.9 Å². The molecule has 2 N–H and O–H groups in total. The number of ether oxygens (including phenoxy) is 1. The van der Waals surface area contributed by atoms with Crippen LogP contribution in [-0.2, 0) is 6.54 Å². The summed E-state index contributed by atoms with van der Waals surface area (Å²) in [5, 5.41) is 2.38. The van der Waals surface area contributed by atoms with E-state index >= 15 is 0 Å². The first-order valence-corrected chi connectivity index (χ1v) is 8.26. The largest absolute Gasteiger partial charge is 0.573 e. The van der Waals surface area contributed by atoms with Gasteiger partial charge in [0.2, 0.25) is 0 Å². The fraction of sp³-hybridized carbons (Fsp3) is 0.105. The van der Waals surface area contributed by atoms with Crippen LogP contribution in [-0.4, -0.2) is 21.8 Å². The zero-order chi connectivity index (χ0) is 21.0. The Morgan fingerprint density at radius 2 is 1.69 bits per heavy atom. The third-order valence-corrected chi connectivity index (χ3v) is 3.79. The Hall–Kier alpha value is -3.82. The Balaban J connectivity index is 1.74. The summed E-state index contributed by atoms with van der Waals surface area (Å²) < 4.78 is 41.2. The van der Waals surface area contributed by atoms with Crippen LogP contribution in [0, 0.1) is 0 Å². The Kier molecular flexibility index (Phi) is 5.53. The first-order valence-electron chi connectivity index (χ1n) is 8.26. The fourth-order valence-corrected chi connectivity index (χ4v) is 2.50. The predicted octanol–water partition coefficient (Wildman–Crippen LogP) is 2.74. The van der Waals surface area contributed by atoms with Crippen molar-refractivity contribution in [3.05, 3.63) is 92.8 Å². The highest BCUT2D eigenvalue weighted by molar-refractivity contribution is 6.02. The molecule has 3 rings (SSSR count). The average Bonchev–Trinajstić information content (AvgIpc) is 2.66. The molecule has 0 atom stereocenters. The molecule has 150 valence electrons. The zero-order valence-corrected chi connectivity index (χ0v) is 14.7. The van der Waals surface area contributed by atoms with E-state index in [2.05, 4.69) is 15.0 Å². The Morgan fingerprint density at radius 3 is 2.28 bits per heavy atom. The average molecular weight is 405 g/mol. The van der Waals surface area contributed by atoms with Gasteiger partial charge in [0.25, 0.3) is 11.5 Å². The highest BCUT2D eigenvalue weighted by atomic mass is 19.4. The third kappa shape index (κ3) is 5.34. The van der Waals surface area contributed by atoms with Crippen LogP contribution in [0.2, 0.25) is 0 Å². The highest BCUT2D eigenvalue weighted by Gasteiger charge is 2.31. The van der Waals surface area contributed by atoms with E-state index < -0.39 is 29.3 Å². The number of rotatable bonds is 5. The minimum absolute atomic E-state index is 0.0393. The van der Waals surface area contributed by atoms with E-state index in [1.165, 1.54) is 12.1 Å². The van der Waals surface area contributed by atoms with Gasteiger partial charge in [0.15, 0.2) is 0 Å². The molecule has 7 nitrogen and oxygen atoms in total. The topological polar surface area (TPSA) is 93.2 Å². The molecule has 1 heterocycles. The van der Waals surface area contributed by atoms with E-state index in [4.69, 9.17) is 0 Å². The van der Waals surface area contributed by atoms with Gasteiger partial charge in [-0.3, -0.25) is 14.2 Å². The molecule has 0 spiro atoms. The van der Waals surface area contributed by atoms with Crippen molar-refractivity contribution in [2.24, 2.45) is 0 Å². The van der Waals surface area contributed by atoms with Crippen molar-refractivity contribution >= 4 is 11.6 Å². The van der Waals surface area contributed by atoms with E-state index in [0.717, 1.165) is 28.3 Å². The van der Waals surface area contributed by atoms with Gasteiger partial charge in [0.05, 0.1) is 6.54 Å². The lowest BCUT2D eigenvalue weighted by molar-refractivity contribution is -0.274. The molecule has 0 saturated heterocycles. The van der Waals surface area contributed by atoms with E-state index in [1.807, 2.05) is 0 Å². The summed E-state index contributed by atoms with van der Waals surface area (Å²) in [7, 11) is 0. The maximum absolute atomic E-state index is 12.3. The lowest BCUT2D eigenvalue weighted by Crippen LogP contribution is -2.37. The molecule has 0 bridgehead atoms. The van der Waals surface area contributed by atoms with Crippen LogP contribution in [0.5, 0.6) is 5.75 Å². The predicted molar refractivity (Wildman–Crippen MR) is 97.9 cm³/mol. The molecule has 0 saturated carbocycles. The smallest absolute Gasteiger partial charge is 0.406 e. The monoisotopic (exact) mass is 405 g/mol. The molecule has 0 unspecified atom stereocenters. The van der Waals surface area contributed by atoms with Crippen molar-refractivity contribution in [1.82, 2.24) is 9.55 Å². The van der Waals surface area contributed by atoms with E-state index in [0.29, 0.717) is 0 Å². The molecule has 1 aromatic heterocycles. The van der Waals surface area contributed by atoms with Crippen molar-refractivity contribution in [3.8, 4) is 5.75 Å². The standard InChI is InChI=1S/C19H14F3N3O4/c20-19(21,22)29-14-8-6-13(7-9-14)23-17(27)15-10-16(26)25(18(28)24-15)11-12-4-2-1-3-5-12/h1-10H,11H2,(H,23,27)(H,24,28). The van der Waals surface area contributed by atoms with Crippen LogP contribution in [0.15, 0.2) is 70.3 Å². The lowest BCUT2D eigenvalue weighted by Gasteiger charge is -2.10. The molecule has 0 aliphatic rings. The van der Waals surface area contributed by atoms with Gasteiger partial charge >= 0.3 is 12.1 Å². The fourth-order valence-electron chi connectivity index (χ4n) is 2.50. The highest BCUT2D eigenvalue weighted by Crippen LogP contribution is 2.24. The third-order valence-electron chi connectivity index (χ3n) is 3.79. The number of anilines is 1. The lowest BCUT2D eigenvalue weighted by atomic mass is 10.2.